The van der Waals surface area contributed by atoms with Gasteiger partial charge in [-0.3, -0.25) is 24.1 Å². The van der Waals surface area contributed by atoms with Crippen molar-refractivity contribution >= 4 is 41.4 Å². The van der Waals surface area contributed by atoms with Gasteiger partial charge in [0.2, 0.25) is 17.6 Å². The van der Waals surface area contributed by atoms with E-state index in [-0.39, 0.29) is 35.8 Å². The summed E-state index contributed by atoms with van der Waals surface area (Å²) >= 11 is 1.52. The van der Waals surface area contributed by atoms with Gasteiger partial charge in [-0.1, -0.05) is 26.7 Å². The first-order valence-electron chi connectivity index (χ1n) is 10.5. The van der Waals surface area contributed by atoms with E-state index in [9.17, 15) is 24.0 Å². The zero-order valence-electron chi connectivity index (χ0n) is 17.6. The molecule has 2 N–H and O–H groups in total. The number of amides is 2. The van der Waals surface area contributed by atoms with E-state index >= 15 is 0 Å². The molecular formula is C21H34N2O5S. The summed E-state index contributed by atoms with van der Waals surface area (Å²) in [6.07, 6.45) is 6.48. The second-order valence-electron chi connectivity index (χ2n) is 7.83. The van der Waals surface area contributed by atoms with Gasteiger partial charge in [-0.25, -0.2) is 0 Å². The van der Waals surface area contributed by atoms with Crippen LogP contribution in [-0.4, -0.2) is 58.2 Å². The molecule has 0 saturated carbocycles. The molecular weight excluding hydrogens is 392 g/mol. The van der Waals surface area contributed by atoms with Gasteiger partial charge < -0.3 is 10.5 Å². The van der Waals surface area contributed by atoms with Crippen LogP contribution in [0.15, 0.2) is 0 Å². The number of carbonyl (C=O) groups excluding carboxylic acids is 5. The molecule has 1 rings (SSSR count). The first-order valence-corrected chi connectivity index (χ1v) is 11.6. The summed E-state index contributed by atoms with van der Waals surface area (Å²) in [7, 11) is 0. The molecule has 0 aromatic rings. The Balaban J connectivity index is 2.23. The minimum atomic E-state index is -0.748. The van der Waals surface area contributed by atoms with Crippen LogP contribution in [0, 0.1) is 5.92 Å². The number of hydrogen-bond acceptors (Lipinski definition) is 7. The predicted octanol–water partition coefficient (Wildman–Crippen LogP) is 2.29. The highest BCUT2D eigenvalue weighted by molar-refractivity contribution is 8.00. The van der Waals surface area contributed by atoms with E-state index in [1.54, 1.807) is 13.8 Å². The molecule has 164 valence electrons. The number of imide groups is 1. The summed E-state index contributed by atoms with van der Waals surface area (Å²) in [6, 6.07) is -0.748. The molecule has 0 aromatic heterocycles. The third-order valence-corrected chi connectivity index (χ3v) is 6.36. The molecule has 29 heavy (non-hydrogen) atoms. The number of hydrogen-bond donors (Lipinski definition) is 1. The fourth-order valence-electron chi connectivity index (χ4n) is 3.09. The highest BCUT2D eigenvalue weighted by atomic mass is 32.2. The number of nitrogens with zero attached hydrogens (tertiary/aromatic N) is 1. The molecule has 0 aromatic carbocycles. The Bertz CT molecular complexity index is 594. The van der Waals surface area contributed by atoms with Crippen molar-refractivity contribution in [1.82, 2.24) is 4.90 Å². The van der Waals surface area contributed by atoms with Crippen molar-refractivity contribution in [2.24, 2.45) is 11.7 Å². The normalized spacial score (nSPS) is 17.8. The van der Waals surface area contributed by atoms with Gasteiger partial charge >= 0.3 is 0 Å². The summed E-state index contributed by atoms with van der Waals surface area (Å²) < 4.78 is 0. The third-order valence-electron chi connectivity index (χ3n) is 5.07. The monoisotopic (exact) mass is 426 g/mol. The Hall–Kier alpha value is -1.54. The Labute approximate surface area is 177 Å². The highest BCUT2D eigenvalue weighted by Gasteiger charge is 2.38. The minimum Gasteiger partial charge on any atom is -0.321 e. The molecule has 1 fully saturated rings. The standard InChI is InChI=1S/C21H34N2O5S/c1-15(2)19(22)20(27)16(25)10-6-5-7-11-23-18(26)14-17(21(23)28)29-13-9-4-3-8-12-24/h12,15,17,19H,3-11,13-14,22H2,1-2H3/t17?,19-/m0/s1. The van der Waals surface area contributed by atoms with E-state index in [2.05, 4.69) is 0 Å². The van der Waals surface area contributed by atoms with Gasteiger partial charge in [0, 0.05) is 25.8 Å². The average Bonchev–Trinajstić information content (AvgIpc) is 2.96. The summed E-state index contributed by atoms with van der Waals surface area (Å²) in [5.74, 6) is -0.476. The van der Waals surface area contributed by atoms with Crippen LogP contribution >= 0.6 is 11.8 Å². The zero-order valence-corrected chi connectivity index (χ0v) is 18.4. The van der Waals surface area contributed by atoms with Crippen molar-refractivity contribution in [1.29, 1.82) is 0 Å². The van der Waals surface area contributed by atoms with Crippen LogP contribution in [0.1, 0.15) is 71.6 Å². The summed E-state index contributed by atoms with van der Waals surface area (Å²) in [5.41, 5.74) is 5.71. The average molecular weight is 427 g/mol. The van der Waals surface area contributed by atoms with Gasteiger partial charge in [0.05, 0.1) is 11.3 Å². The molecule has 0 aliphatic carbocycles. The van der Waals surface area contributed by atoms with Crippen LogP contribution in [0.25, 0.3) is 0 Å². The van der Waals surface area contributed by atoms with Gasteiger partial charge in [0.1, 0.15) is 6.29 Å². The number of carbonyl (C=O) groups is 5. The van der Waals surface area contributed by atoms with Crippen molar-refractivity contribution in [2.45, 2.75) is 82.9 Å². The molecule has 8 heteroatoms. The maximum atomic E-state index is 12.4. The van der Waals surface area contributed by atoms with Crippen molar-refractivity contribution in [3.05, 3.63) is 0 Å². The number of unbranched alkanes of at least 4 members (excludes halogenated alkanes) is 5. The van der Waals surface area contributed by atoms with Crippen molar-refractivity contribution in [3.8, 4) is 0 Å². The van der Waals surface area contributed by atoms with Gasteiger partial charge in [0.25, 0.3) is 0 Å². The SMILES string of the molecule is CC(C)[C@H](N)C(=O)C(=O)CCCCCN1C(=O)CC(SCCCCCC=O)C1=O. The van der Waals surface area contributed by atoms with E-state index in [0.717, 1.165) is 31.3 Å². The number of ketones is 2. The number of thioether (sulfide) groups is 1. The van der Waals surface area contributed by atoms with E-state index < -0.39 is 17.6 Å². The van der Waals surface area contributed by atoms with Gasteiger partial charge in [-0.05, 0) is 37.4 Å². The van der Waals surface area contributed by atoms with Crippen LogP contribution < -0.4 is 5.73 Å². The second kappa shape index (κ2) is 13.6. The molecule has 0 bridgehead atoms. The maximum Gasteiger partial charge on any atom is 0.242 e. The number of nitrogens with two attached hydrogens (primary N) is 1. The summed E-state index contributed by atoms with van der Waals surface area (Å²) in [5, 5.41) is -0.301. The fourth-order valence-corrected chi connectivity index (χ4v) is 4.28. The first-order chi connectivity index (χ1) is 13.8. The van der Waals surface area contributed by atoms with Crippen LogP contribution in [0.2, 0.25) is 0 Å². The highest BCUT2D eigenvalue weighted by Crippen LogP contribution is 2.26. The van der Waals surface area contributed by atoms with Crippen LogP contribution in [0.3, 0.4) is 0 Å². The largest absolute Gasteiger partial charge is 0.321 e. The molecule has 2 atom stereocenters. The lowest BCUT2D eigenvalue weighted by Gasteiger charge is -2.15. The van der Waals surface area contributed by atoms with Crippen LogP contribution in [-0.2, 0) is 24.0 Å². The Morgan fingerprint density at radius 2 is 1.83 bits per heavy atom. The first kappa shape index (κ1) is 25.5. The molecule has 1 saturated heterocycles. The van der Waals surface area contributed by atoms with Crippen molar-refractivity contribution in [3.63, 3.8) is 0 Å². The van der Waals surface area contributed by atoms with Crippen molar-refractivity contribution in [2.75, 3.05) is 12.3 Å². The molecule has 7 nitrogen and oxygen atoms in total. The predicted molar refractivity (Wildman–Crippen MR) is 113 cm³/mol. The number of Topliss-reactive ketones (excluding diaryl/α,β-unsaturated/α-hetero) is 2. The van der Waals surface area contributed by atoms with E-state index in [1.165, 1.54) is 16.7 Å². The number of rotatable bonds is 16. The third kappa shape index (κ3) is 8.78. The second-order valence-corrected chi connectivity index (χ2v) is 9.14. The molecule has 0 spiro atoms. The molecule has 1 heterocycles. The molecule has 1 aliphatic heterocycles. The Morgan fingerprint density at radius 1 is 1.14 bits per heavy atom. The van der Waals surface area contributed by atoms with E-state index in [0.29, 0.717) is 32.2 Å². The van der Waals surface area contributed by atoms with Crippen molar-refractivity contribution < 1.29 is 24.0 Å². The lowest BCUT2D eigenvalue weighted by atomic mass is 9.96. The number of likely N-dealkylation sites (tertiary alicyclic amines) is 1. The molecule has 1 unspecified atom stereocenters. The topological polar surface area (TPSA) is 115 Å². The lowest BCUT2D eigenvalue weighted by Crippen LogP contribution is -2.40. The molecule has 2 amide bonds. The smallest absolute Gasteiger partial charge is 0.242 e. The zero-order chi connectivity index (χ0) is 21.8. The fraction of sp³-hybridized carbons (Fsp3) is 0.762. The summed E-state index contributed by atoms with van der Waals surface area (Å²) in [4.78, 5) is 59.8. The molecule has 1 aliphatic rings. The Morgan fingerprint density at radius 3 is 2.48 bits per heavy atom. The summed E-state index contributed by atoms with van der Waals surface area (Å²) in [6.45, 7) is 3.97. The maximum absolute atomic E-state index is 12.4. The van der Waals surface area contributed by atoms with E-state index in [4.69, 9.17) is 5.73 Å². The van der Waals surface area contributed by atoms with E-state index in [1.807, 2.05) is 0 Å². The van der Waals surface area contributed by atoms with Gasteiger partial charge in [-0.15, -0.1) is 11.8 Å². The molecule has 0 radical (unpaired) electrons. The van der Waals surface area contributed by atoms with Gasteiger partial charge in [0.15, 0.2) is 5.78 Å². The lowest BCUT2D eigenvalue weighted by molar-refractivity contribution is -0.138. The van der Waals surface area contributed by atoms with Gasteiger partial charge in [-0.2, -0.15) is 0 Å². The van der Waals surface area contributed by atoms with Crippen LogP contribution in [0.5, 0.6) is 0 Å². The van der Waals surface area contributed by atoms with Crippen LogP contribution in [0.4, 0.5) is 0 Å². The quantitative estimate of drug-likeness (QED) is 0.174. The number of aldehydes is 1. The minimum absolute atomic E-state index is 0.0687. The Kier molecular flexibility index (Phi) is 12.0.